The summed E-state index contributed by atoms with van der Waals surface area (Å²) in [5.74, 6) is -0.00390. The molecule has 0 bridgehead atoms. The van der Waals surface area contributed by atoms with Crippen LogP contribution < -0.4 is 16.4 Å². The van der Waals surface area contributed by atoms with E-state index in [1.54, 1.807) is 0 Å². The quantitative estimate of drug-likeness (QED) is 0.0571. The number of unbranched alkanes of at least 4 members (excludes halogenated alkanes) is 2. The van der Waals surface area contributed by atoms with Crippen LogP contribution in [0.3, 0.4) is 0 Å². The van der Waals surface area contributed by atoms with Crippen LogP contribution in [0.4, 0.5) is 17.3 Å². The molecule has 0 unspecified atom stereocenters. The number of halogens is 2. The van der Waals surface area contributed by atoms with E-state index >= 15 is 0 Å². The van der Waals surface area contributed by atoms with E-state index in [0.29, 0.717) is 24.6 Å². The molecule has 0 radical (unpaired) electrons. The maximum Gasteiger partial charge on any atom is 0.273 e. The minimum Gasteiger partial charge on any atom is -0.382 e. The van der Waals surface area contributed by atoms with Crippen molar-refractivity contribution >= 4 is 57.4 Å². The molecule has 1 amide bonds. The van der Waals surface area contributed by atoms with Gasteiger partial charge >= 0.3 is 0 Å². The molecule has 206 valence electrons. The highest BCUT2D eigenvalue weighted by Crippen LogP contribution is 2.21. The van der Waals surface area contributed by atoms with Gasteiger partial charge in [0.2, 0.25) is 0 Å². The number of amides is 1. The highest BCUT2D eigenvalue weighted by molar-refractivity contribution is 14.1. The van der Waals surface area contributed by atoms with Crippen LogP contribution in [0.25, 0.3) is 10.4 Å². The molecule has 0 spiro atoms. The monoisotopic (exact) mass is 659 g/mol. The van der Waals surface area contributed by atoms with Gasteiger partial charge in [0.1, 0.15) is 0 Å². The number of benzene rings is 2. The van der Waals surface area contributed by atoms with Crippen molar-refractivity contribution in [1.82, 2.24) is 20.2 Å². The molecule has 0 atom stereocenters. The maximum absolute atomic E-state index is 12.6. The fourth-order valence-corrected chi connectivity index (χ4v) is 4.44. The number of nitrogens with two attached hydrogens (primary N) is 1. The van der Waals surface area contributed by atoms with Gasteiger partial charge in [0, 0.05) is 27.3 Å². The van der Waals surface area contributed by atoms with Crippen LogP contribution in [0.1, 0.15) is 47.3 Å². The normalized spacial score (nSPS) is 10.8. The third-order valence-electron chi connectivity index (χ3n) is 6.07. The molecule has 3 rings (SSSR count). The molecule has 0 saturated carbocycles. The Hall–Kier alpha value is -3.12. The van der Waals surface area contributed by atoms with E-state index in [-0.39, 0.29) is 22.6 Å². The third-order valence-corrected chi connectivity index (χ3v) is 7.06. The van der Waals surface area contributed by atoms with E-state index in [0.717, 1.165) is 54.3 Å². The molecule has 0 aliphatic carbocycles. The zero-order valence-corrected chi connectivity index (χ0v) is 24.8. The lowest BCUT2D eigenvalue weighted by Crippen LogP contribution is -2.28. The van der Waals surface area contributed by atoms with Gasteiger partial charge in [0.05, 0.1) is 0 Å². The molecule has 0 fully saturated rings. The Morgan fingerprint density at radius 3 is 2.41 bits per heavy atom. The Morgan fingerprint density at radius 2 is 1.72 bits per heavy atom. The first-order valence-corrected chi connectivity index (χ1v) is 14.2. The standard InChI is InChI=1S/C27H33ClIN9O/c1-38(16-4-2-6-19-9-13-22(14-10-19)36-37-31)17-5-3-15-32-27(39)23-25(30)35-26(24(28)34-23)33-18-20-7-11-21(29)12-8-20/h7-14H,2-6,15-18H2,1H3,(H,32,39)(H3,30,33,35)/i29-2. The van der Waals surface area contributed by atoms with Crippen LogP contribution in [0.2, 0.25) is 5.15 Å². The Bertz CT molecular complexity index is 1270. The van der Waals surface area contributed by atoms with Crippen molar-refractivity contribution in [2.75, 3.05) is 37.7 Å². The minimum absolute atomic E-state index is 0.0318. The number of azide groups is 1. The van der Waals surface area contributed by atoms with Gasteiger partial charge in [-0.2, -0.15) is 0 Å². The molecule has 1 aromatic heterocycles. The van der Waals surface area contributed by atoms with Crippen LogP contribution in [-0.4, -0.2) is 47.5 Å². The number of aryl methyl sites for hydroxylation is 1. The number of rotatable bonds is 15. The topological polar surface area (TPSA) is 145 Å². The average molecular weight is 660 g/mol. The van der Waals surface area contributed by atoms with E-state index in [4.69, 9.17) is 22.9 Å². The molecule has 1 heterocycles. The SMILES string of the molecule is CN(CCCCNC(=O)c1nc(Cl)c(NCc2ccc([125I])cc2)nc1N)CCCCc1ccc(N=[N+]=[N-])cc1. The summed E-state index contributed by atoms with van der Waals surface area (Å²) in [6.45, 7) is 2.99. The van der Waals surface area contributed by atoms with Crippen LogP contribution in [0.15, 0.2) is 53.6 Å². The van der Waals surface area contributed by atoms with Crippen molar-refractivity contribution in [3.05, 3.63) is 84.5 Å². The Balaban J connectivity index is 1.31. The summed E-state index contributed by atoms with van der Waals surface area (Å²) in [5, 5.41) is 9.68. The molecule has 10 nitrogen and oxygen atoms in total. The highest BCUT2D eigenvalue weighted by Gasteiger charge is 2.16. The number of anilines is 2. The molecular weight excluding hydrogens is 627 g/mol. The van der Waals surface area contributed by atoms with Crippen molar-refractivity contribution in [3.8, 4) is 0 Å². The van der Waals surface area contributed by atoms with Crippen LogP contribution in [0.5, 0.6) is 0 Å². The van der Waals surface area contributed by atoms with Crippen LogP contribution in [0, 0.1) is 3.57 Å². The first kappa shape index (κ1) is 30.4. The van der Waals surface area contributed by atoms with E-state index in [1.807, 2.05) is 48.5 Å². The number of nitrogen functional groups attached to an aromatic ring is 1. The van der Waals surface area contributed by atoms with Gasteiger partial charge in [0.25, 0.3) is 5.91 Å². The maximum atomic E-state index is 12.6. The molecule has 3 aromatic rings. The first-order valence-electron chi connectivity index (χ1n) is 12.8. The van der Waals surface area contributed by atoms with Crippen molar-refractivity contribution in [2.24, 2.45) is 5.11 Å². The first-order chi connectivity index (χ1) is 18.9. The summed E-state index contributed by atoms with van der Waals surface area (Å²) in [6, 6.07) is 15.8. The summed E-state index contributed by atoms with van der Waals surface area (Å²) in [6.07, 6.45) is 4.98. The molecule has 4 N–H and O–H groups in total. The zero-order chi connectivity index (χ0) is 28.0. The third kappa shape index (κ3) is 10.5. The van der Waals surface area contributed by atoms with E-state index in [2.05, 4.69) is 65.2 Å². The smallest absolute Gasteiger partial charge is 0.273 e. The van der Waals surface area contributed by atoms with Gasteiger partial charge in [-0.15, -0.1) is 0 Å². The van der Waals surface area contributed by atoms with Crippen molar-refractivity contribution in [3.63, 3.8) is 0 Å². The lowest BCUT2D eigenvalue weighted by Gasteiger charge is -2.16. The summed E-state index contributed by atoms with van der Waals surface area (Å²) >= 11 is 8.52. The molecule has 0 aliphatic rings. The number of hydrogen-bond acceptors (Lipinski definition) is 7. The van der Waals surface area contributed by atoms with E-state index < -0.39 is 0 Å². The summed E-state index contributed by atoms with van der Waals surface area (Å²) in [5.41, 5.74) is 17.5. The molecule has 0 aliphatic heterocycles. The highest BCUT2D eigenvalue weighted by atomic mass is 125. The van der Waals surface area contributed by atoms with Gasteiger partial charge in [-0.25, -0.2) is 9.97 Å². The second-order valence-corrected chi connectivity index (χ2v) is 10.8. The summed E-state index contributed by atoms with van der Waals surface area (Å²) in [7, 11) is 2.11. The van der Waals surface area contributed by atoms with Crippen molar-refractivity contribution in [2.45, 2.75) is 38.6 Å². The van der Waals surface area contributed by atoms with Gasteiger partial charge < -0.3 is 21.3 Å². The Kier molecular flexibility index (Phi) is 12.6. The van der Waals surface area contributed by atoms with E-state index in [1.165, 1.54) is 5.56 Å². The number of carbonyl (C=O) groups excluding carboxylic acids is 1. The molecular formula is C27H33ClIN9O. The fraction of sp³-hybridized carbons (Fsp3) is 0.370. The van der Waals surface area contributed by atoms with Crippen molar-refractivity contribution < 1.29 is 4.79 Å². The lowest BCUT2D eigenvalue weighted by molar-refractivity contribution is 0.0948. The second kappa shape index (κ2) is 16.1. The summed E-state index contributed by atoms with van der Waals surface area (Å²) < 4.78 is 1.15. The van der Waals surface area contributed by atoms with Gasteiger partial charge in [0.15, 0.2) is 22.5 Å². The fourth-order valence-electron chi connectivity index (χ4n) is 3.89. The molecule has 2 aromatic carbocycles. The predicted molar refractivity (Wildman–Crippen MR) is 165 cm³/mol. The van der Waals surface area contributed by atoms with Gasteiger partial charge in [-0.1, -0.05) is 53.1 Å². The summed E-state index contributed by atoms with van der Waals surface area (Å²) in [4.78, 5) is 26.1. The number of nitrogens with one attached hydrogen (secondary N) is 2. The van der Waals surface area contributed by atoms with Crippen molar-refractivity contribution in [1.29, 1.82) is 0 Å². The molecule has 0 saturated heterocycles. The van der Waals surface area contributed by atoms with Gasteiger partial charge in [-0.3, -0.25) is 4.79 Å². The Labute approximate surface area is 247 Å². The average Bonchev–Trinajstić information content (AvgIpc) is 2.93. The largest absolute Gasteiger partial charge is 0.382 e. The number of nitrogens with zero attached hydrogens (tertiary/aromatic N) is 6. The zero-order valence-electron chi connectivity index (χ0n) is 21.9. The van der Waals surface area contributed by atoms with Gasteiger partial charge in [-0.05, 0) is 104 Å². The lowest BCUT2D eigenvalue weighted by atomic mass is 10.1. The van der Waals surface area contributed by atoms with Crippen LogP contribution in [-0.2, 0) is 13.0 Å². The second-order valence-electron chi connectivity index (χ2n) is 9.16. The molecule has 12 heteroatoms. The van der Waals surface area contributed by atoms with E-state index in [9.17, 15) is 4.79 Å². The molecule has 39 heavy (non-hydrogen) atoms. The van der Waals surface area contributed by atoms with Crippen LogP contribution >= 0.6 is 34.2 Å². The number of carbonyl (C=O) groups is 1. The number of hydrogen-bond donors (Lipinski definition) is 3. The predicted octanol–water partition coefficient (Wildman–Crippen LogP) is 6.34. The number of aromatic nitrogens is 2. The minimum atomic E-state index is -0.383. The Morgan fingerprint density at radius 1 is 1.05 bits per heavy atom.